The molecular weight excluding hydrogens is 292 g/mol. The summed E-state index contributed by atoms with van der Waals surface area (Å²) in [7, 11) is 1.32. The van der Waals surface area contributed by atoms with Crippen molar-refractivity contribution in [3.8, 4) is 0 Å². The fourth-order valence-electron chi connectivity index (χ4n) is 2.32. The summed E-state index contributed by atoms with van der Waals surface area (Å²) in [6.07, 6.45) is -0.377. The van der Waals surface area contributed by atoms with Gasteiger partial charge in [-0.1, -0.05) is 0 Å². The lowest BCUT2D eigenvalue weighted by molar-refractivity contribution is 0.0188. The van der Waals surface area contributed by atoms with E-state index in [1.165, 1.54) is 18.4 Å². The van der Waals surface area contributed by atoms with Crippen LogP contribution in [0.2, 0.25) is 0 Å². The van der Waals surface area contributed by atoms with Crippen molar-refractivity contribution in [3.05, 3.63) is 15.3 Å². The van der Waals surface area contributed by atoms with Gasteiger partial charge in [0, 0.05) is 10.4 Å². The fraction of sp³-hybridized carbons (Fsp3) is 0.571. The molecule has 0 saturated carbocycles. The first-order chi connectivity index (χ1) is 9.65. The quantitative estimate of drug-likeness (QED) is 0.806. The zero-order chi connectivity index (χ0) is 15.9. The lowest BCUT2D eigenvalue weighted by atomic mass is 10.1. The Morgan fingerprint density at radius 1 is 1.38 bits per heavy atom. The van der Waals surface area contributed by atoms with Crippen molar-refractivity contribution in [3.63, 3.8) is 0 Å². The topological polar surface area (TPSA) is 81.9 Å². The summed E-state index contributed by atoms with van der Waals surface area (Å²) in [6, 6.07) is -0.218. The first-order valence-corrected chi connectivity index (χ1v) is 7.46. The smallest absolute Gasteiger partial charge is 0.411 e. The lowest BCUT2D eigenvalue weighted by Gasteiger charge is -2.27. The molecule has 0 aromatic carbocycles. The van der Waals surface area contributed by atoms with Crippen LogP contribution in [-0.2, 0) is 16.0 Å². The number of fused-ring (bicyclic) bond motifs is 1. The van der Waals surface area contributed by atoms with Crippen molar-refractivity contribution in [1.29, 1.82) is 0 Å². The number of nitrogens with zero attached hydrogens (tertiary/aromatic N) is 1. The maximum atomic E-state index is 12.2. The number of nitrogen functional groups attached to an aromatic ring is 1. The zero-order valence-corrected chi connectivity index (χ0v) is 13.7. The number of anilines is 1. The third-order valence-corrected chi connectivity index (χ3v) is 4.44. The summed E-state index contributed by atoms with van der Waals surface area (Å²) in [5, 5.41) is 0. The van der Waals surface area contributed by atoms with Crippen LogP contribution in [0.5, 0.6) is 0 Å². The summed E-state index contributed by atoms with van der Waals surface area (Å²) in [6.45, 7) is 7.75. The molecule has 1 aromatic heterocycles. The molecule has 2 heterocycles. The molecule has 1 atom stereocenters. The van der Waals surface area contributed by atoms with E-state index in [2.05, 4.69) is 0 Å². The van der Waals surface area contributed by atoms with Gasteiger partial charge in [-0.15, -0.1) is 11.3 Å². The minimum atomic E-state index is -0.546. The van der Waals surface area contributed by atoms with Gasteiger partial charge >= 0.3 is 12.1 Å². The van der Waals surface area contributed by atoms with Crippen molar-refractivity contribution in [1.82, 2.24) is 4.90 Å². The van der Waals surface area contributed by atoms with E-state index in [4.69, 9.17) is 15.2 Å². The van der Waals surface area contributed by atoms with Crippen molar-refractivity contribution in [2.75, 3.05) is 12.8 Å². The fourth-order valence-corrected chi connectivity index (χ4v) is 3.54. The maximum Gasteiger partial charge on any atom is 0.411 e. The average Bonchev–Trinajstić information content (AvgIpc) is 2.85. The number of methoxy groups -OCH3 is 1. The van der Waals surface area contributed by atoms with Crippen LogP contribution in [0.3, 0.4) is 0 Å². The van der Waals surface area contributed by atoms with E-state index in [1.807, 2.05) is 27.7 Å². The number of ether oxygens (including phenoxy) is 2. The van der Waals surface area contributed by atoms with Crippen LogP contribution < -0.4 is 5.73 Å². The van der Waals surface area contributed by atoms with Gasteiger partial charge in [-0.25, -0.2) is 9.59 Å². The average molecular weight is 312 g/mol. The Kier molecular flexibility index (Phi) is 3.88. The monoisotopic (exact) mass is 312 g/mol. The molecule has 0 spiro atoms. The van der Waals surface area contributed by atoms with Gasteiger partial charge in [-0.2, -0.15) is 0 Å². The molecule has 0 saturated heterocycles. The van der Waals surface area contributed by atoms with Gasteiger partial charge in [0.15, 0.2) is 0 Å². The largest absolute Gasteiger partial charge is 0.465 e. The minimum absolute atomic E-state index is 0.218. The molecule has 1 aromatic rings. The molecule has 0 radical (unpaired) electrons. The van der Waals surface area contributed by atoms with Crippen LogP contribution in [-0.4, -0.2) is 29.7 Å². The number of esters is 1. The highest BCUT2D eigenvalue weighted by molar-refractivity contribution is 7.14. The van der Waals surface area contributed by atoms with Crippen LogP contribution in [0, 0.1) is 0 Å². The second-order valence-corrected chi connectivity index (χ2v) is 7.06. The van der Waals surface area contributed by atoms with Crippen molar-refractivity contribution >= 4 is 29.1 Å². The number of nitrogens with two attached hydrogens (primary N) is 1. The summed E-state index contributed by atoms with van der Waals surface area (Å²) >= 11 is 1.28. The van der Waals surface area contributed by atoms with Gasteiger partial charge in [0.25, 0.3) is 0 Å². The van der Waals surface area contributed by atoms with Crippen LogP contribution in [0.1, 0.15) is 53.8 Å². The Hall–Kier alpha value is -1.76. The summed E-state index contributed by atoms with van der Waals surface area (Å²) < 4.78 is 10.1. The van der Waals surface area contributed by atoms with Gasteiger partial charge in [-0.3, -0.25) is 4.90 Å². The standard InChI is InChI=1S/C14H20N2O4S/c1-7-9-8(21-11(10(9)15)12(17)19-5)6-16(7)13(18)20-14(2,3)4/h7H,6,15H2,1-5H3. The highest BCUT2D eigenvalue weighted by Gasteiger charge is 2.38. The van der Waals surface area contributed by atoms with E-state index >= 15 is 0 Å². The van der Waals surface area contributed by atoms with Gasteiger partial charge < -0.3 is 15.2 Å². The highest BCUT2D eigenvalue weighted by Crippen LogP contribution is 2.44. The van der Waals surface area contributed by atoms with Crippen LogP contribution in [0.4, 0.5) is 10.5 Å². The van der Waals surface area contributed by atoms with Gasteiger partial charge in [-0.05, 0) is 27.7 Å². The Morgan fingerprint density at radius 3 is 2.48 bits per heavy atom. The number of carbonyl (C=O) groups excluding carboxylic acids is 2. The molecule has 0 fully saturated rings. The molecule has 1 unspecified atom stereocenters. The minimum Gasteiger partial charge on any atom is -0.465 e. The third kappa shape index (κ3) is 2.83. The Morgan fingerprint density at radius 2 is 2.00 bits per heavy atom. The van der Waals surface area contributed by atoms with E-state index in [0.717, 1.165) is 10.4 Å². The van der Waals surface area contributed by atoms with E-state index in [-0.39, 0.29) is 12.1 Å². The Bertz CT molecular complexity index is 589. The normalized spacial score (nSPS) is 17.6. The molecule has 1 aliphatic heterocycles. The van der Waals surface area contributed by atoms with Crippen molar-refractivity contribution in [2.45, 2.75) is 45.9 Å². The van der Waals surface area contributed by atoms with E-state index in [0.29, 0.717) is 17.1 Å². The summed E-state index contributed by atoms with van der Waals surface area (Å²) in [5.74, 6) is -0.442. The van der Waals surface area contributed by atoms with Crippen molar-refractivity contribution in [2.24, 2.45) is 0 Å². The van der Waals surface area contributed by atoms with E-state index in [1.54, 1.807) is 4.90 Å². The molecule has 7 heteroatoms. The van der Waals surface area contributed by atoms with Gasteiger partial charge in [0.2, 0.25) is 0 Å². The molecule has 2 N–H and O–H groups in total. The molecule has 2 rings (SSSR count). The molecule has 0 bridgehead atoms. The highest BCUT2D eigenvalue weighted by atomic mass is 32.1. The zero-order valence-electron chi connectivity index (χ0n) is 12.9. The molecule has 21 heavy (non-hydrogen) atoms. The van der Waals surface area contributed by atoms with E-state index < -0.39 is 11.6 Å². The summed E-state index contributed by atoms with van der Waals surface area (Å²) in [4.78, 5) is 26.8. The number of hydrogen-bond donors (Lipinski definition) is 1. The number of carbonyl (C=O) groups is 2. The van der Waals surface area contributed by atoms with E-state index in [9.17, 15) is 9.59 Å². The third-order valence-electron chi connectivity index (χ3n) is 3.26. The second-order valence-electron chi connectivity index (χ2n) is 5.96. The number of hydrogen-bond acceptors (Lipinski definition) is 6. The molecular formula is C14H20N2O4S. The molecule has 0 aliphatic carbocycles. The first kappa shape index (κ1) is 15.6. The van der Waals surface area contributed by atoms with Gasteiger partial charge in [0.1, 0.15) is 10.5 Å². The SMILES string of the molecule is COC(=O)c1sc2c(c1N)C(C)N(C(=O)OC(C)(C)C)C2. The summed E-state index contributed by atoms with van der Waals surface area (Å²) in [5.41, 5.74) is 6.72. The van der Waals surface area contributed by atoms with Crippen molar-refractivity contribution < 1.29 is 19.1 Å². The molecule has 116 valence electrons. The van der Waals surface area contributed by atoms with Crippen LogP contribution >= 0.6 is 11.3 Å². The predicted molar refractivity (Wildman–Crippen MR) is 80.3 cm³/mol. The lowest BCUT2D eigenvalue weighted by Crippen LogP contribution is -2.35. The molecule has 1 amide bonds. The predicted octanol–water partition coefficient (Wildman–Crippen LogP) is 2.93. The number of thiophene rings is 1. The Labute approximate surface area is 127 Å². The van der Waals surface area contributed by atoms with Crippen LogP contribution in [0.25, 0.3) is 0 Å². The molecule has 6 nitrogen and oxygen atoms in total. The van der Waals surface area contributed by atoms with Gasteiger partial charge in [0.05, 0.1) is 25.4 Å². The second kappa shape index (κ2) is 5.22. The maximum absolute atomic E-state index is 12.2. The first-order valence-electron chi connectivity index (χ1n) is 6.64. The number of rotatable bonds is 1. The van der Waals surface area contributed by atoms with Crippen LogP contribution in [0.15, 0.2) is 0 Å². The number of amides is 1. The Balaban J connectivity index is 2.24. The molecule has 1 aliphatic rings.